The Hall–Kier alpha value is -3.65. The minimum absolute atomic E-state index is 0.0698. The number of hydrazine groups is 1. The maximum atomic E-state index is 12.9. The van der Waals surface area contributed by atoms with Crippen molar-refractivity contribution in [2.24, 2.45) is 0 Å². The highest BCUT2D eigenvalue weighted by Gasteiger charge is 2.18. The second kappa shape index (κ2) is 9.23. The van der Waals surface area contributed by atoms with E-state index < -0.39 is 11.8 Å². The lowest BCUT2D eigenvalue weighted by atomic mass is 10.1. The fraction of sp³-hybridized carbons (Fsp3) is 0.217. The summed E-state index contributed by atoms with van der Waals surface area (Å²) in [5.41, 5.74) is 5.60. The van der Waals surface area contributed by atoms with Crippen molar-refractivity contribution in [1.82, 2.24) is 25.6 Å². The molecule has 9 heteroatoms. The van der Waals surface area contributed by atoms with E-state index in [0.29, 0.717) is 27.9 Å². The van der Waals surface area contributed by atoms with Gasteiger partial charge in [-0.05, 0) is 30.7 Å². The van der Waals surface area contributed by atoms with Crippen molar-refractivity contribution in [3.8, 4) is 0 Å². The van der Waals surface area contributed by atoms with Crippen LogP contribution in [-0.2, 0) is 6.54 Å². The topological polar surface area (TPSA) is 109 Å². The van der Waals surface area contributed by atoms with Gasteiger partial charge in [0.15, 0.2) is 5.69 Å². The summed E-state index contributed by atoms with van der Waals surface area (Å²) in [4.78, 5) is 41.1. The van der Waals surface area contributed by atoms with Gasteiger partial charge in [-0.1, -0.05) is 55.6 Å². The minimum atomic E-state index is -0.613. The lowest BCUT2D eigenvalue weighted by Crippen LogP contribution is -2.43. The highest BCUT2D eigenvalue weighted by atomic mass is 35.5. The van der Waals surface area contributed by atoms with Crippen molar-refractivity contribution in [2.75, 3.05) is 0 Å². The predicted molar refractivity (Wildman–Crippen MR) is 124 cm³/mol. The van der Waals surface area contributed by atoms with Crippen LogP contribution >= 0.6 is 11.6 Å². The number of benzene rings is 2. The standard InChI is InChI=1S/C23H22ClN5O3/c1-2-3-6-11-29-23(32)17-8-5-4-7-16(17)20(28-29)22(31)27-26-21(30)19-12-14-9-10-15(24)13-18(14)25-19/h4-5,7-10,12-13,25H,2-3,6,11H2,1H3,(H,26,30)(H,27,31). The monoisotopic (exact) mass is 451 g/mol. The summed E-state index contributed by atoms with van der Waals surface area (Å²) in [6, 6.07) is 13.7. The molecule has 0 aliphatic carbocycles. The van der Waals surface area contributed by atoms with Gasteiger partial charge in [-0.15, -0.1) is 0 Å². The Morgan fingerprint density at radius 1 is 1.03 bits per heavy atom. The SMILES string of the molecule is CCCCCn1nc(C(=O)NNC(=O)c2cc3ccc(Cl)cc3[nH]2)c2ccccc2c1=O. The van der Waals surface area contributed by atoms with Crippen molar-refractivity contribution < 1.29 is 9.59 Å². The third-order valence-corrected chi connectivity index (χ3v) is 5.41. The van der Waals surface area contributed by atoms with Gasteiger partial charge < -0.3 is 4.98 Å². The van der Waals surface area contributed by atoms with Crippen LogP contribution in [0.3, 0.4) is 0 Å². The highest BCUT2D eigenvalue weighted by Crippen LogP contribution is 2.20. The highest BCUT2D eigenvalue weighted by molar-refractivity contribution is 6.31. The molecule has 2 aromatic heterocycles. The van der Waals surface area contributed by atoms with Crippen LogP contribution in [0.5, 0.6) is 0 Å². The smallest absolute Gasteiger partial charge is 0.290 e. The van der Waals surface area contributed by atoms with E-state index in [9.17, 15) is 14.4 Å². The van der Waals surface area contributed by atoms with E-state index >= 15 is 0 Å². The van der Waals surface area contributed by atoms with Gasteiger partial charge in [0.25, 0.3) is 17.4 Å². The Kier molecular flexibility index (Phi) is 6.23. The Balaban J connectivity index is 1.56. The maximum absolute atomic E-state index is 12.9. The number of rotatable bonds is 6. The Labute approximate surface area is 188 Å². The van der Waals surface area contributed by atoms with Crippen molar-refractivity contribution >= 4 is 45.1 Å². The molecule has 0 aliphatic heterocycles. The van der Waals surface area contributed by atoms with Crippen LogP contribution in [0.2, 0.25) is 5.02 Å². The summed E-state index contributed by atoms with van der Waals surface area (Å²) < 4.78 is 1.32. The lowest BCUT2D eigenvalue weighted by molar-refractivity contribution is 0.0841. The molecule has 0 unspecified atom stereocenters. The van der Waals surface area contributed by atoms with E-state index in [-0.39, 0.29) is 16.9 Å². The van der Waals surface area contributed by atoms with Crippen molar-refractivity contribution in [3.05, 3.63) is 75.3 Å². The molecule has 2 amide bonds. The van der Waals surface area contributed by atoms with Gasteiger partial charge in [0.2, 0.25) is 0 Å². The maximum Gasteiger partial charge on any atom is 0.290 e. The molecule has 2 aromatic carbocycles. The number of carbonyl (C=O) groups excluding carboxylic acids is 2. The Morgan fingerprint density at radius 2 is 1.78 bits per heavy atom. The second-order valence-corrected chi connectivity index (χ2v) is 7.89. The van der Waals surface area contributed by atoms with Gasteiger partial charge in [-0.25, -0.2) is 4.68 Å². The number of unbranched alkanes of at least 4 members (excludes halogenated alkanes) is 2. The second-order valence-electron chi connectivity index (χ2n) is 7.45. The summed E-state index contributed by atoms with van der Waals surface area (Å²) in [6.07, 6.45) is 2.74. The molecule has 0 saturated heterocycles. The fourth-order valence-electron chi connectivity index (χ4n) is 3.53. The molecule has 0 bridgehead atoms. The molecule has 0 atom stereocenters. The van der Waals surface area contributed by atoms with Gasteiger partial charge in [-0.2, -0.15) is 5.10 Å². The van der Waals surface area contributed by atoms with E-state index in [0.717, 1.165) is 24.6 Å². The quantitative estimate of drug-likeness (QED) is 0.306. The zero-order valence-electron chi connectivity index (χ0n) is 17.4. The van der Waals surface area contributed by atoms with Crippen molar-refractivity contribution in [2.45, 2.75) is 32.7 Å². The number of H-pyrrole nitrogens is 1. The summed E-state index contributed by atoms with van der Waals surface area (Å²) in [7, 11) is 0. The molecule has 4 rings (SSSR count). The van der Waals surface area contributed by atoms with E-state index in [4.69, 9.17) is 11.6 Å². The fourth-order valence-corrected chi connectivity index (χ4v) is 3.70. The molecule has 164 valence electrons. The van der Waals surface area contributed by atoms with Crippen LogP contribution < -0.4 is 16.4 Å². The number of amides is 2. The molecule has 8 nitrogen and oxygen atoms in total. The zero-order chi connectivity index (χ0) is 22.7. The molecule has 2 heterocycles. The average Bonchev–Trinajstić information content (AvgIpc) is 3.22. The number of hydrogen-bond acceptors (Lipinski definition) is 4. The third kappa shape index (κ3) is 4.36. The van der Waals surface area contributed by atoms with Crippen LogP contribution in [0.25, 0.3) is 21.7 Å². The third-order valence-electron chi connectivity index (χ3n) is 5.17. The number of hydrogen-bond donors (Lipinski definition) is 3. The first-order chi connectivity index (χ1) is 15.5. The van der Waals surface area contributed by atoms with Crippen LogP contribution in [-0.4, -0.2) is 26.6 Å². The lowest BCUT2D eigenvalue weighted by Gasteiger charge is -2.11. The Morgan fingerprint density at radius 3 is 2.56 bits per heavy atom. The van der Waals surface area contributed by atoms with Gasteiger partial charge in [0, 0.05) is 27.9 Å². The molecular formula is C23H22ClN5O3. The minimum Gasteiger partial charge on any atom is -0.350 e. The molecule has 0 spiro atoms. The van der Waals surface area contributed by atoms with E-state index in [2.05, 4.69) is 27.9 Å². The summed E-state index contributed by atoms with van der Waals surface area (Å²) in [6.45, 7) is 2.49. The number of aryl methyl sites for hydroxylation is 1. The first kappa shape index (κ1) is 21.6. The molecule has 0 aliphatic rings. The zero-order valence-corrected chi connectivity index (χ0v) is 18.2. The van der Waals surface area contributed by atoms with E-state index in [1.165, 1.54) is 4.68 Å². The number of aromatic amines is 1. The number of aromatic nitrogens is 3. The first-order valence-electron chi connectivity index (χ1n) is 10.4. The summed E-state index contributed by atoms with van der Waals surface area (Å²) in [5.74, 6) is -1.14. The van der Waals surface area contributed by atoms with Gasteiger partial charge in [0.1, 0.15) is 5.69 Å². The Bertz CT molecular complexity index is 1380. The van der Waals surface area contributed by atoms with Crippen LogP contribution in [0.15, 0.2) is 53.3 Å². The number of nitrogens with zero attached hydrogens (tertiary/aromatic N) is 2. The van der Waals surface area contributed by atoms with E-state index in [1.807, 2.05) is 0 Å². The molecule has 0 radical (unpaired) electrons. The number of carbonyl (C=O) groups is 2. The number of halogens is 1. The number of nitrogens with one attached hydrogen (secondary N) is 3. The molecule has 4 aromatic rings. The molecule has 32 heavy (non-hydrogen) atoms. The van der Waals surface area contributed by atoms with Crippen LogP contribution in [0, 0.1) is 0 Å². The van der Waals surface area contributed by atoms with Crippen LogP contribution in [0.1, 0.15) is 47.2 Å². The number of fused-ring (bicyclic) bond motifs is 2. The molecular weight excluding hydrogens is 430 g/mol. The summed E-state index contributed by atoms with van der Waals surface area (Å²) >= 11 is 5.98. The normalized spacial score (nSPS) is 11.1. The molecule has 3 N–H and O–H groups in total. The van der Waals surface area contributed by atoms with Crippen molar-refractivity contribution in [3.63, 3.8) is 0 Å². The largest absolute Gasteiger partial charge is 0.350 e. The summed E-state index contributed by atoms with van der Waals surface area (Å²) in [5, 5.41) is 6.48. The molecule has 0 fully saturated rings. The van der Waals surface area contributed by atoms with Gasteiger partial charge in [-0.3, -0.25) is 25.2 Å². The van der Waals surface area contributed by atoms with Crippen molar-refractivity contribution in [1.29, 1.82) is 0 Å². The van der Waals surface area contributed by atoms with Gasteiger partial charge in [0.05, 0.1) is 5.39 Å². The van der Waals surface area contributed by atoms with E-state index in [1.54, 1.807) is 48.5 Å². The predicted octanol–water partition coefficient (Wildman–Crippen LogP) is 3.80. The van der Waals surface area contributed by atoms with Crippen LogP contribution in [0.4, 0.5) is 0 Å². The average molecular weight is 452 g/mol. The first-order valence-corrected chi connectivity index (χ1v) is 10.7. The van der Waals surface area contributed by atoms with Gasteiger partial charge >= 0.3 is 0 Å². The molecule has 0 saturated carbocycles.